The third-order valence-corrected chi connectivity index (χ3v) is 2.79. The van der Waals surface area contributed by atoms with Crippen molar-refractivity contribution in [2.75, 3.05) is 27.9 Å². The van der Waals surface area contributed by atoms with E-state index in [9.17, 15) is 9.59 Å². The fourth-order valence-electron chi connectivity index (χ4n) is 1.85. The molecule has 0 spiro atoms. The zero-order valence-corrected chi connectivity index (χ0v) is 13.5. The van der Waals surface area contributed by atoms with Crippen molar-refractivity contribution in [2.24, 2.45) is 0 Å². The smallest absolute Gasteiger partial charge is 0.251 e. The van der Waals surface area contributed by atoms with E-state index in [4.69, 9.17) is 14.2 Å². The molecule has 1 rings (SSSR count). The van der Waals surface area contributed by atoms with E-state index in [2.05, 4.69) is 10.6 Å². The molecule has 0 saturated carbocycles. The molecule has 7 nitrogen and oxygen atoms in total. The Bertz CT molecular complexity index is 518. The normalized spacial score (nSPS) is 10.1. The number of hydrogen-bond donors (Lipinski definition) is 2. The van der Waals surface area contributed by atoms with E-state index in [1.807, 2.05) is 13.8 Å². The second-order valence-corrected chi connectivity index (χ2v) is 4.82. The first-order chi connectivity index (χ1) is 10.4. The number of carbonyl (C=O) groups is 2. The Kier molecular flexibility index (Phi) is 6.49. The third-order valence-electron chi connectivity index (χ3n) is 2.79. The van der Waals surface area contributed by atoms with Crippen molar-refractivity contribution in [3.63, 3.8) is 0 Å². The monoisotopic (exact) mass is 310 g/mol. The summed E-state index contributed by atoms with van der Waals surface area (Å²) < 4.78 is 15.6. The highest BCUT2D eigenvalue weighted by Gasteiger charge is 2.17. The maximum absolute atomic E-state index is 12.1. The van der Waals surface area contributed by atoms with Gasteiger partial charge < -0.3 is 24.8 Å². The van der Waals surface area contributed by atoms with Crippen LogP contribution in [0, 0.1) is 0 Å². The van der Waals surface area contributed by atoms with E-state index in [0.717, 1.165) is 0 Å². The molecule has 0 atom stereocenters. The number of rotatable bonds is 7. The fourth-order valence-corrected chi connectivity index (χ4v) is 1.85. The van der Waals surface area contributed by atoms with E-state index in [1.165, 1.54) is 33.5 Å². The van der Waals surface area contributed by atoms with Gasteiger partial charge in [0.25, 0.3) is 5.91 Å². The molecule has 0 radical (unpaired) electrons. The summed E-state index contributed by atoms with van der Waals surface area (Å²) in [5, 5.41) is 5.23. The van der Waals surface area contributed by atoms with Gasteiger partial charge in [0.2, 0.25) is 11.7 Å². The Balaban J connectivity index is 2.87. The van der Waals surface area contributed by atoms with Gasteiger partial charge in [-0.15, -0.1) is 0 Å². The summed E-state index contributed by atoms with van der Waals surface area (Å²) in [6.07, 6.45) is 0. The van der Waals surface area contributed by atoms with Crippen LogP contribution in [0.4, 0.5) is 0 Å². The zero-order chi connectivity index (χ0) is 16.7. The first-order valence-corrected chi connectivity index (χ1v) is 6.80. The predicted octanol–water partition coefficient (Wildman–Crippen LogP) is 0.967. The van der Waals surface area contributed by atoms with Gasteiger partial charge in [0.15, 0.2) is 11.5 Å². The van der Waals surface area contributed by atoms with Crippen molar-refractivity contribution in [3.8, 4) is 17.2 Å². The summed E-state index contributed by atoms with van der Waals surface area (Å²) in [6, 6.07) is 3.07. The Morgan fingerprint density at radius 1 is 1.05 bits per heavy atom. The number of carbonyl (C=O) groups excluding carboxylic acids is 2. The highest BCUT2D eigenvalue weighted by atomic mass is 16.5. The van der Waals surface area contributed by atoms with Gasteiger partial charge >= 0.3 is 0 Å². The van der Waals surface area contributed by atoms with E-state index in [0.29, 0.717) is 22.8 Å². The molecule has 0 saturated heterocycles. The Labute approximate surface area is 129 Å². The molecule has 0 heterocycles. The van der Waals surface area contributed by atoms with Crippen LogP contribution in [0.2, 0.25) is 0 Å². The topological polar surface area (TPSA) is 85.9 Å². The van der Waals surface area contributed by atoms with Gasteiger partial charge in [-0.1, -0.05) is 0 Å². The van der Waals surface area contributed by atoms with E-state index >= 15 is 0 Å². The minimum atomic E-state index is -0.404. The zero-order valence-electron chi connectivity index (χ0n) is 13.5. The summed E-state index contributed by atoms with van der Waals surface area (Å²) in [4.78, 5) is 23.7. The number of amides is 2. The molecule has 0 fully saturated rings. The van der Waals surface area contributed by atoms with Crippen molar-refractivity contribution in [1.29, 1.82) is 0 Å². The van der Waals surface area contributed by atoms with Gasteiger partial charge in [-0.2, -0.15) is 0 Å². The van der Waals surface area contributed by atoms with Gasteiger partial charge in [-0.25, -0.2) is 0 Å². The average Bonchev–Trinajstić information content (AvgIpc) is 2.50. The van der Waals surface area contributed by atoms with Crippen molar-refractivity contribution in [2.45, 2.75) is 19.9 Å². The standard InChI is InChI=1S/C15H22N2O5/c1-9(2)17-13(18)8-16-15(19)10-6-11(20-3)14(22-5)12(7-10)21-4/h6-7,9H,8H2,1-5H3,(H,16,19)(H,17,18). The lowest BCUT2D eigenvalue weighted by atomic mass is 10.1. The molecule has 1 aromatic rings. The molecular weight excluding hydrogens is 288 g/mol. The van der Waals surface area contributed by atoms with Crippen LogP contribution in [-0.2, 0) is 4.79 Å². The Hall–Kier alpha value is -2.44. The third kappa shape index (κ3) is 4.54. The van der Waals surface area contributed by atoms with E-state index in [-0.39, 0.29) is 18.5 Å². The van der Waals surface area contributed by atoms with Crippen LogP contribution in [0.15, 0.2) is 12.1 Å². The minimum absolute atomic E-state index is 0.0191. The van der Waals surface area contributed by atoms with Gasteiger partial charge in [0, 0.05) is 11.6 Å². The molecule has 0 bridgehead atoms. The Morgan fingerprint density at radius 3 is 2.00 bits per heavy atom. The molecule has 122 valence electrons. The van der Waals surface area contributed by atoms with E-state index < -0.39 is 5.91 Å². The second kappa shape index (κ2) is 8.11. The number of methoxy groups -OCH3 is 3. The average molecular weight is 310 g/mol. The molecule has 0 aromatic heterocycles. The summed E-state index contributed by atoms with van der Waals surface area (Å²) in [5.74, 6) is 0.491. The molecule has 22 heavy (non-hydrogen) atoms. The maximum Gasteiger partial charge on any atom is 0.251 e. The molecule has 0 aliphatic carbocycles. The van der Waals surface area contributed by atoms with Crippen LogP contribution < -0.4 is 24.8 Å². The predicted molar refractivity (Wildman–Crippen MR) is 81.7 cm³/mol. The van der Waals surface area contributed by atoms with Crippen molar-refractivity contribution >= 4 is 11.8 Å². The lowest BCUT2D eigenvalue weighted by molar-refractivity contribution is -0.120. The SMILES string of the molecule is COc1cc(C(=O)NCC(=O)NC(C)C)cc(OC)c1OC. The molecule has 7 heteroatoms. The van der Waals surface area contributed by atoms with Crippen molar-refractivity contribution in [3.05, 3.63) is 17.7 Å². The van der Waals surface area contributed by atoms with Gasteiger partial charge in [-0.05, 0) is 26.0 Å². The first-order valence-electron chi connectivity index (χ1n) is 6.80. The molecule has 0 aliphatic heterocycles. The summed E-state index contributed by atoms with van der Waals surface area (Å²) in [7, 11) is 4.42. The van der Waals surface area contributed by atoms with Gasteiger partial charge in [0.1, 0.15) is 0 Å². The van der Waals surface area contributed by atoms with Crippen LogP contribution in [0.1, 0.15) is 24.2 Å². The molecule has 0 aliphatic rings. The van der Waals surface area contributed by atoms with Crippen LogP contribution in [0.5, 0.6) is 17.2 Å². The number of hydrogen-bond acceptors (Lipinski definition) is 5. The molecule has 1 aromatic carbocycles. The second-order valence-electron chi connectivity index (χ2n) is 4.82. The molecular formula is C15H22N2O5. The Morgan fingerprint density at radius 2 is 1.59 bits per heavy atom. The maximum atomic E-state index is 12.1. The summed E-state index contributed by atoms with van der Waals surface area (Å²) >= 11 is 0. The number of ether oxygens (including phenoxy) is 3. The lowest BCUT2D eigenvalue weighted by Crippen LogP contribution is -2.39. The highest BCUT2D eigenvalue weighted by Crippen LogP contribution is 2.38. The molecule has 2 N–H and O–H groups in total. The van der Waals surface area contributed by atoms with Crippen molar-refractivity contribution < 1.29 is 23.8 Å². The molecule has 0 unspecified atom stereocenters. The van der Waals surface area contributed by atoms with Crippen molar-refractivity contribution in [1.82, 2.24) is 10.6 Å². The van der Waals surface area contributed by atoms with Gasteiger partial charge in [-0.3, -0.25) is 9.59 Å². The summed E-state index contributed by atoms with van der Waals surface area (Å²) in [5.41, 5.74) is 0.312. The summed E-state index contributed by atoms with van der Waals surface area (Å²) in [6.45, 7) is 3.59. The highest BCUT2D eigenvalue weighted by molar-refractivity contribution is 5.97. The first kappa shape index (κ1) is 17.6. The lowest BCUT2D eigenvalue weighted by Gasteiger charge is -2.14. The van der Waals surface area contributed by atoms with Gasteiger partial charge in [0.05, 0.1) is 27.9 Å². The van der Waals surface area contributed by atoms with Crippen LogP contribution in [0.3, 0.4) is 0 Å². The fraction of sp³-hybridized carbons (Fsp3) is 0.467. The van der Waals surface area contributed by atoms with E-state index in [1.54, 1.807) is 0 Å². The quantitative estimate of drug-likeness (QED) is 0.783. The minimum Gasteiger partial charge on any atom is -0.493 e. The molecule has 2 amide bonds. The van der Waals surface area contributed by atoms with Crippen LogP contribution >= 0.6 is 0 Å². The number of nitrogens with one attached hydrogen (secondary N) is 2. The largest absolute Gasteiger partial charge is 0.493 e. The van der Waals surface area contributed by atoms with Crippen LogP contribution in [-0.4, -0.2) is 45.7 Å². The van der Waals surface area contributed by atoms with Crippen LogP contribution in [0.25, 0.3) is 0 Å². The number of benzene rings is 1.